The summed E-state index contributed by atoms with van der Waals surface area (Å²) in [7, 11) is 0. The molecule has 0 amide bonds. The first-order valence-corrected chi connectivity index (χ1v) is 4.45. The van der Waals surface area contributed by atoms with Gasteiger partial charge in [0.05, 0.1) is 11.9 Å². The number of rotatable bonds is 1. The van der Waals surface area contributed by atoms with Crippen molar-refractivity contribution in [1.29, 1.82) is 0 Å². The zero-order chi connectivity index (χ0) is 9.10. The van der Waals surface area contributed by atoms with Crippen LogP contribution in [0, 0.1) is 0 Å². The van der Waals surface area contributed by atoms with Gasteiger partial charge >= 0.3 is 0 Å². The molecule has 4 nitrogen and oxygen atoms in total. The van der Waals surface area contributed by atoms with Gasteiger partial charge in [-0.1, -0.05) is 0 Å². The molecule has 0 radical (unpaired) electrons. The molecule has 0 saturated carbocycles. The van der Waals surface area contributed by atoms with Crippen molar-refractivity contribution in [2.24, 2.45) is 0 Å². The van der Waals surface area contributed by atoms with E-state index in [4.69, 9.17) is 5.21 Å². The van der Waals surface area contributed by atoms with Crippen molar-refractivity contribution < 1.29 is 5.21 Å². The van der Waals surface area contributed by atoms with E-state index in [1.807, 2.05) is 18.3 Å². The van der Waals surface area contributed by atoms with Crippen LogP contribution in [-0.4, -0.2) is 41.4 Å². The Labute approximate surface area is 77.4 Å². The highest BCUT2D eigenvalue weighted by atomic mass is 16.5. The van der Waals surface area contributed by atoms with Gasteiger partial charge in [-0.05, 0) is 12.1 Å². The Balaban J connectivity index is 2.03. The normalized spacial score (nSPS) is 19.0. The van der Waals surface area contributed by atoms with Crippen molar-refractivity contribution in [3.63, 3.8) is 0 Å². The van der Waals surface area contributed by atoms with Gasteiger partial charge in [-0.3, -0.25) is 4.98 Å². The van der Waals surface area contributed by atoms with Crippen molar-refractivity contribution in [1.82, 2.24) is 10.0 Å². The summed E-state index contributed by atoms with van der Waals surface area (Å²) in [4.78, 5) is 6.28. The molecular formula is C9H13N3O. The maximum atomic E-state index is 9.16. The molecule has 0 aliphatic carbocycles. The molecule has 2 rings (SSSR count). The minimum Gasteiger partial charge on any atom is -0.368 e. The quantitative estimate of drug-likeness (QED) is 0.685. The van der Waals surface area contributed by atoms with Crippen LogP contribution in [0.4, 0.5) is 5.69 Å². The van der Waals surface area contributed by atoms with E-state index in [0.717, 1.165) is 18.8 Å². The number of pyridine rings is 1. The summed E-state index contributed by atoms with van der Waals surface area (Å²) in [6.45, 7) is 3.13. The number of aromatic nitrogens is 1. The molecule has 4 heteroatoms. The summed E-state index contributed by atoms with van der Waals surface area (Å²) in [6, 6.07) is 3.97. The molecular weight excluding hydrogens is 166 g/mol. The van der Waals surface area contributed by atoms with Crippen LogP contribution in [0.15, 0.2) is 24.5 Å². The summed E-state index contributed by atoms with van der Waals surface area (Å²) in [5.41, 5.74) is 1.13. The van der Waals surface area contributed by atoms with E-state index in [1.165, 1.54) is 5.06 Å². The molecule has 1 aliphatic heterocycles. The van der Waals surface area contributed by atoms with Crippen molar-refractivity contribution in [2.45, 2.75) is 0 Å². The van der Waals surface area contributed by atoms with Gasteiger partial charge in [0.1, 0.15) is 0 Å². The Morgan fingerprint density at radius 1 is 1.23 bits per heavy atom. The lowest BCUT2D eigenvalue weighted by Crippen LogP contribution is -2.44. The van der Waals surface area contributed by atoms with Crippen LogP contribution < -0.4 is 4.90 Å². The fraction of sp³-hybridized carbons (Fsp3) is 0.444. The molecule has 2 heterocycles. The monoisotopic (exact) mass is 179 g/mol. The van der Waals surface area contributed by atoms with Crippen molar-refractivity contribution in [3.8, 4) is 0 Å². The van der Waals surface area contributed by atoms with Crippen LogP contribution in [0.3, 0.4) is 0 Å². The molecule has 0 atom stereocenters. The molecule has 1 N–H and O–H groups in total. The first kappa shape index (κ1) is 8.47. The van der Waals surface area contributed by atoms with Gasteiger partial charge in [0.15, 0.2) is 0 Å². The van der Waals surface area contributed by atoms with Gasteiger partial charge in [0.2, 0.25) is 0 Å². The number of piperazine rings is 1. The van der Waals surface area contributed by atoms with Crippen LogP contribution in [0.5, 0.6) is 0 Å². The summed E-state index contributed by atoms with van der Waals surface area (Å²) in [6.07, 6.45) is 3.62. The highest BCUT2D eigenvalue weighted by Gasteiger charge is 2.14. The molecule has 0 spiro atoms. The van der Waals surface area contributed by atoms with E-state index in [9.17, 15) is 0 Å². The Morgan fingerprint density at radius 2 is 2.00 bits per heavy atom. The van der Waals surface area contributed by atoms with Crippen LogP contribution in [0.25, 0.3) is 0 Å². The molecule has 70 valence electrons. The molecule has 1 aliphatic rings. The zero-order valence-corrected chi connectivity index (χ0v) is 7.43. The third-order valence-corrected chi connectivity index (χ3v) is 2.27. The van der Waals surface area contributed by atoms with Crippen LogP contribution in [-0.2, 0) is 0 Å². The lowest BCUT2D eigenvalue weighted by Gasteiger charge is -2.32. The fourth-order valence-electron chi connectivity index (χ4n) is 1.49. The maximum Gasteiger partial charge on any atom is 0.0553 e. The van der Waals surface area contributed by atoms with Gasteiger partial charge in [-0.2, -0.15) is 5.06 Å². The number of hydroxylamine groups is 2. The summed E-state index contributed by atoms with van der Waals surface area (Å²) < 4.78 is 0. The van der Waals surface area contributed by atoms with Gasteiger partial charge in [-0.15, -0.1) is 0 Å². The van der Waals surface area contributed by atoms with E-state index >= 15 is 0 Å². The smallest absolute Gasteiger partial charge is 0.0553 e. The Morgan fingerprint density at radius 3 is 2.62 bits per heavy atom. The topological polar surface area (TPSA) is 39.6 Å². The van der Waals surface area contributed by atoms with E-state index in [2.05, 4.69) is 9.88 Å². The molecule has 1 aromatic rings. The second-order valence-electron chi connectivity index (χ2n) is 3.15. The van der Waals surface area contributed by atoms with Gasteiger partial charge < -0.3 is 10.1 Å². The van der Waals surface area contributed by atoms with Crippen molar-refractivity contribution in [3.05, 3.63) is 24.5 Å². The molecule has 0 aromatic carbocycles. The first-order valence-electron chi connectivity index (χ1n) is 4.45. The average Bonchev–Trinajstić information content (AvgIpc) is 2.20. The highest BCUT2D eigenvalue weighted by molar-refractivity contribution is 5.43. The zero-order valence-electron chi connectivity index (χ0n) is 7.43. The average molecular weight is 179 g/mol. The molecule has 13 heavy (non-hydrogen) atoms. The van der Waals surface area contributed by atoms with Crippen LogP contribution in [0.1, 0.15) is 0 Å². The molecule has 1 saturated heterocycles. The Kier molecular flexibility index (Phi) is 2.42. The number of anilines is 1. The first-order chi connectivity index (χ1) is 6.36. The van der Waals surface area contributed by atoms with Gasteiger partial charge in [-0.25, -0.2) is 0 Å². The second-order valence-corrected chi connectivity index (χ2v) is 3.15. The molecule has 0 bridgehead atoms. The summed E-state index contributed by atoms with van der Waals surface area (Å²) >= 11 is 0. The minimum absolute atomic E-state index is 0.703. The van der Waals surface area contributed by atoms with Crippen molar-refractivity contribution in [2.75, 3.05) is 31.1 Å². The van der Waals surface area contributed by atoms with Crippen LogP contribution >= 0.6 is 0 Å². The fourth-order valence-corrected chi connectivity index (χ4v) is 1.49. The third kappa shape index (κ3) is 1.96. The Bertz CT molecular complexity index is 257. The largest absolute Gasteiger partial charge is 0.368 e. The highest BCUT2D eigenvalue weighted by Crippen LogP contribution is 2.13. The van der Waals surface area contributed by atoms with Gasteiger partial charge in [0, 0.05) is 32.4 Å². The molecule has 0 unspecified atom stereocenters. The van der Waals surface area contributed by atoms with Gasteiger partial charge in [0.25, 0.3) is 0 Å². The third-order valence-electron chi connectivity index (χ3n) is 2.27. The number of nitrogens with zero attached hydrogens (tertiary/aromatic N) is 3. The number of hydrogen-bond donors (Lipinski definition) is 1. The number of hydrogen-bond acceptors (Lipinski definition) is 4. The summed E-state index contributed by atoms with van der Waals surface area (Å²) in [5, 5.41) is 10.5. The predicted octanol–water partition coefficient (Wildman–Crippen LogP) is 0.593. The van der Waals surface area contributed by atoms with E-state index in [0.29, 0.717) is 13.1 Å². The predicted molar refractivity (Wildman–Crippen MR) is 49.8 cm³/mol. The standard InChI is InChI=1S/C9H13N3O/c13-12-6-4-11(5-7-12)9-2-1-3-10-8-9/h1-3,8,13H,4-7H2. The Hall–Kier alpha value is -1.13. The molecule has 1 fully saturated rings. The maximum absolute atomic E-state index is 9.16. The lowest BCUT2D eigenvalue weighted by molar-refractivity contribution is -0.0935. The molecule has 1 aromatic heterocycles. The van der Waals surface area contributed by atoms with E-state index in [-0.39, 0.29) is 0 Å². The van der Waals surface area contributed by atoms with Crippen LogP contribution in [0.2, 0.25) is 0 Å². The lowest BCUT2D eigenvalue weighted by atomic mass is 10.3. The van der Waals surface area contributed by atoms with E-state index < -0.39 is 0 Å². The SMILES string of the molecule is ON1CCN(c2cccnc2)CC1. The minimum atomic E-state index is 0.703. The second kappa shape index (κ2) is 3.72. The van der Waals surface area contributed by atoms with E-state index in [1.54, 1.807) is 6.20 Å². The van der Waals surface area contributed by atoms with Crippen molar-refractivity contribution >= 4 is 5.69 Å². The summed E-state index contributed by atoms with van der Waals surface area (Å²) in [5.74, 6) is 0.